The second-order valence-corrected chi connectivity index (χ2v) is 9.67. The molecule has 2 atom stereocenters. The summed E-state index contributed by atoms with van der Waals surface area (Å²) in [5.74, 6) is 1.73. The largest absolute Gasteiger partial charge is 0.492 e. The molecule has 31 heavy (non-hydrogen) atoms. The van der Waals surface area contributed by atoms with E-state index in [2.05, 4.69) is 113 Å². The van der Waals surface area contributed by atoms with Crippen molar-refractivity contribution in [2.45, 2.75) is 38.0 Å². The molecule has 162 valence electrons. The lowest BCUT2D eigenvalue weighted by Gasteiger charge is -2.28. The van der Waals surface area contributed by atoms with Gasteiger partial charge in [-0.05, 0) is 102 Å². The molecule has 1 heterocycles. The highest BCUT2D eigenvalue weighted by molar-refractivity contribution is 14.1. The zero-order valence-corrected chi connectivity index (χ0v) is 20.5. The van der Waals surface area contributed by atoms with Crippen molar-refractivity contribution in [1.82, 2.24) is 4.90 Å². The van der Waals surface area contributed by atoms with Crippen molar-refractivity contribution in [1.29, 1.82) is 0 Å². The van der Waals surface area contributed by atoms with E-state index in [-0.39, 0.29) is 0 Å². The van der Waals surface area contributed by atoms with Crippen molar-refractivity contribution >= 4 is 22.6 Å². The first-order valence-corrected chi connectivity index (χ1v) is 12.6. The van der Waals surface area contributed by atoms with Crippen LogP contribution in [-0.4, -0.2) is 31.1 Å². The van der Waals surface area contributed by atoms with Gasteiger partial charge in [-0.2, -0.15) is 0 Å². The van der Waals surface area contributed by atoms with Gasteiger partial charge in [0.1, 0.15) is 12.4 Å². The van der Waals surface area contributed by atoms with E-state index in [0.717, 1.165) is 25.3 Å². The predicted molar refractivity (Wildman–Crippen MR) is 138 cm³/mol. The van der Waals surface area contributed by atoms with Gasteiger partial charge in [-0.1, -0.05) is 61.5 Å². The molecule has 0 N–H and O–H groups in total. The fourth-order valence-corrected chi connectivity index (χ4v) is 5.12. The van der Waals surface area contributed by atoms with E-state index in [9.17, 15) is 0 Å². The van der Waals surface area contributed by atoms with Crippen LogP contribution in [0.25, 0.3) is 0 Å². The molecule has 1 aliphatic rings. The standard InChI is InChI=1S/C28H32INO/c1-2-27(22-8-4-3-5-9-22)28(23-10-14-25(29)15-11-23)24-12-16-26(17-13-24)31-21-20-30-18-6-7-19-30/h3-5,8-17,27-28H,2,6-7,18-21H2,1H3. The van der Waals surface area contributed by atoms with Crippen LogP contribution in [0.2, 0.25) is 0 Å². The van der Waals surface area contributed by atoms with Crippen LogP contribution in [0.15, 0.2) is 78.9 Å². The molecular weight excluding hydrogens is 493 g/mol. The summed E-state index contributed by atoms with van der Waals surface area (Å²) in [6, 6.07) is 28.8. The summed E-state index contributed by atoms with van der Waals surface area (Å²) in [5, 5.41) is 0. The first-order chi connectivity index (χ1) is 15.2. The van der Waals surface area contributed by atoms with E-state index in [1.165, 1.54) is 46.2 Å². The molecule has 2 unspecified atom stereocenters. The molecule has 3 aromatic rings. The molecule has 1 saturated heterocycles. The van der Waals surface area contributed by atoms with Crippen molar-refractivity contribution in [2.24, 2.45) is 0 Å². The fraction of sp³-hybridized carbons (Fsp3) is 0.357. The number of hydrogen-bond donors (Lipinski definition) is 0. The van der Waals surface area contributed by atoms with Crippen LogP contribution in [0.1, 0.15) is 54.7 Å². The Morgan fingerprint density at radius 1 is 0.806 bits per heavy atom. The van der Waals surface area contributed by atoms with E-state index < -0.39 is 0 Å². The van der Waals surface area contributed by atoms with Gasteiger partial charge < -0.3 is 4.74 Å². The fourth-order valence-electron chi connectivity index (χ4n) is 4.76. The lowest BCUT2D eigenvalue weighted by Crippen LogP contribution is -2.25. The minimum absolute atomic E-state index is 0.322. The van der Waals surface area contributed by atoms with Crippen molar-refractivity contribution in [3.8, 4) is 5.75 Å². The number of benzene rings is 3. The van der Waals surface area contributed by atoms with Gasteiger partial charge in [-0.15, -0.1) is 0 Å². The number of hydrogen-bond acceptors (Lipinski definition) is 2. The van der Waals surface area contributed by atoms with E-state index in [1.54, 1.807) is 0 Å². The van der Waals surface area contributed by atoms with Crippen LogP contribution in [0, 0.1) is 3.57 Å². The van der Waals surface area contributed by atoms with Gasteiger partial charge in [0.2, 0.25) is 0 Å². The van der Waals surface area contributed by atoms with E-state index in [0.29, 0.717) is 11.8 Å². The van der Waals surface area contributed by atoms with E-state index in [1.807, 2.05) is 0 Å². The van der Waals surface area contributed by atoms with Gasteiger partial charge in [-0.25, -0.2) is 0 Å². The highest BCUT2D eigenvalue weighted by Crippen LogP contribution is 2.41. The number of halogens is 1. The predicted octanol–water partition coefficient (Wildman–Crippen LogP) is 7.09. The minimum atomic E-state index is 0.322. The Morgan fingerprint density at radius 3 is 2.03 bits per heavy atom. The lowest BCUT2D eigenvalue weighted by atomic mass is 9.76. The van der Waals surface area contributed by atoms with Crippen LogP contribution in [-0.2, 0) is 0 Å². The van der Waals surface area contributed by atoms with Crippen LogP contribution >= 0.6 is 22.6 Å². The van der Waals surface area contributed by atoms with Gasteiger partial charge in [0.05, 0.1) is 0 Å². The smallest absolute Gasteiger partial charge is 0.119 e. The Bertz CT molecular complexity index is 917. The van der Waals surface area contributed by atoms with Crippen LogP contribution in [0.4, 0.5) is 0 Å². The van der Waals surface area contributed by atoms with Crippen molar-refractivity contribution in [3.63, 3.8) is 0 Å². The monoisotopic (exact) mass is 525 g/mol. The summed E-state index contributed by atoms with van der Waals surface area (Å²) in [5.41, 5.74) is 4.13. The molecule has 2 nitrogen and oxygen atoms in total. The van der Waals surface area contributed by atoms with Crippen LogP contribution in [0.3, 0.4) is 0 Å². The number of likely N-dealkylation sites (tertiary alicyclic amines) is 1. The quantitative estimate of drug-likeness (QED) is 0.277. The van der Waals surface area contributed by atoms with Gasteiger partial charge >= 0.3 is 0 Å². The van der Waals surface area contributed by atoms with Gasteiger partial charge in [-0.3, -0.25) is 4.90 Å². The van der Waals surface area contributed by atoms with Crippen molar-refractivity contribution < 1.29 is 4.74 Å². The third-order valence-electron chi connectivity index (χ3n) is 6.41. The van der Waals surface area contributed by atoms with Crippen LogP contribution < -0.4 is 4.74 Å². The second kappa shape index (κ2) is 11.1. The van der Waals surface area contributed by atoms with Gasteiger partial charge in [0.15, 0.2) is 0 Å². The summed E-state index contributed by atoms with van der Waals surface area (Å²) < 4.78 is 7.33. The Labute approximate surface area is 200 Å². The SMILES string of the molecule is CCC(c1ccccc1)C(c1ccc(I)cc1)c1ccc(OCCN2CCCC2)cc1. The Hall–Kier alpha value is -1.85. The molecule has 0 aromatic heterocycles. The Morgan fingerprint density at radius 2 is 1.42 bits per heavy atom. The molecule has 0 saturated carbocycles. The molecule has 0 amide bonds. The summed E-state index contributed by atoms with van der Waals surface area (Å²) in [6.45, 7) is 6.53. The molecule has 0 spiro atoms. The molecule has 3 heteroatoms. The summed E-state index contributed by atoms with van der Waals surface area (Å²) in [7, 11) is 0. The maximum atomic E-state index is 6.05. The average molecular weight is 525 g/mol. The maximum Gasteiger partial charge on any atom is 0.119 e. The normalized spacial score (nSPS) is 16.2. The van der Waals surface area contributed by atoms with Crippen LogP contribution in [0.5, 0.6) is 5.75 Å². The third kappa shape index (κ3) is 5.89. The molecule has 3 aromatic carbocycles. The first-order valence-electron chi connectivity index (χ1n) is 11.5. The van der Waals surface area contributed by atoms with Crippen molar-refractivity contribution in [2.75, 3.05) is 26.2 Å². The highest BCUT2D eigenvalue weighted by Gasteiger charge is 2.25. The van der Waals surface area contributed by atoms with Gasteiger partial charge in [0, 0.05) is 16.0 Å². The molecular formula is C28H32INO. The molecule has 0 bridgehead atoms. The van der Waals surface area contributed by atoms with E-state index in [4.69, 9.17) is 4.74 Å². The third-order valence-corrected chi connectivity index (χ3v) is 7.13. The van der Waals surface area contributed by atoms with Gasteiger partial charge in [0.25, 0.3) is 0 Å². The summed E-state index contributed by atoms with van der Waals surface area (Å²) in [6.07, 6.45) is 3.75. The zero-order valence-electron chi connectivity index (χ0n) is 18.3. The number of ether oxygens (including phenoxy) is 1. The molecule has 4 rings (SSSR count). The number of nitrogens with zero attached hydrogens (tertiary/aromatic N) is 1. The minimum Gasteiger partial charge on any atom is -0.492 e. The molecule has 1 aliphatic heterocycles. The molecule has 1 fully saturated rings. The lowest BCUT2D eigenvalue weighted by molar-refractivity contribution is 0.237. The van der Waals surface area contributed by atoms with E-state index >= 15 is 0 Å². The summed E-state index contributed by atoms with van der Waals surface area (Å²) >= 11 is 2.38. The Kier molecular flexibility index (Phi) is 8.03. The molecule has 0 radical (unpaired) electrons. The zero-order chi connectivity index (χ0) is 21.5. The highest BCUT2D eigenvalue weighted by atomic mass is 127. The topological polar surface area (TPSA) is 12.5 Å². The summed E-state index contributed by atoms with van der Waals surface area (Å²) in [4.78, 5) is 2.49. The Balaban J connectivity index is 1.55. The average Bonchev–Trinajstić information content (AvgIpc) is 3.33. The molecule has 0 aliphatic carbocycles. The second-order valence-electron chi connectivity index (χ2n) is 8.42. The van der Waals surface area contributed by atoms with Crippen molar-refractivity contribution in [3.05, 3.63) is 99.1 Å². The number of rotatable bonds is 9. The first kappa shape index (κ1) is 22.3. The maximum absolute atomic E-state index is 6.05.